The van der Waals surface area contributed by atoms with Crippen LogP contribution in [0.25, 0.3) is 11.5 Å². The van der Waals surface area contributed by atoms with E-state index in [1.165, 1.54) is 5.56 Å². The van der Waals surface area contributed by atoms with Crippen molar-refractivity contribution in [3.05, 3.63) is 79.1 Å². The fourth-order valence-corrected chi connectivity index (χ4v) is 2.84. The van der Waals surface area contributed by atoms with Gasteiger partial charge in [0.05, 0.1) is 12.4 Å². The van der Waals surface area contributed by atoms with Crippen molar-refractivity contribution < 1.29 is 0 Å². The highest BCUT2D eigenvalue weighted by Crippen LogP contribution is 2.21. The molecule has 0 aliphatic heterocycles. The van der Waals surface area contributed by atoms with Crippen LogP contribution in [-0.4, -0.2) is 29.3 Å². The number of aryl methyl sites for hydroxylation is 1. The first kappa shape index (κ1) is 16.0. The van der Waals surface area contributed by atoms with Gasteiger partial charge in [0.15, 0.2) is 5.82 Å². The van der Waals surface area contributed by atoms with E-state index in [0.717, 1.165) is 23.9 Å². The average Bonchev–Trinajstić information content (AvgIpc) is 3.34. The summed E-state index contributed by atoms with van der Waals surface area (Å²) >= 11 is 0. The Morgan fingerprint density at radius 1 is 1.00 bits per heavy atom. The molecule has 1 unspecified atom stereocenters. The van der Waals surface area contributed by atoms with Gasteiger partial charge in [-0.15, -0.1) is 10.2 Å². The normalized spacial score (nSPS) is 12.0. The zero-order chi connectivity index (χ0) is 17.8. The molecule has 1 aromatic carbocycles. The Hall–Kier alpha value is -3.48. The van der Waals surface area contributed by atoms with Crippen molar-refractivity contribution in [2.75, 3.05) is 5.32 Å². The second kappa shape index (κ2) is 7.18. The fraction of sp³-hybridized carbons (Fsp3) is 0.158. The lowest BCUT2D eigenvalue weighted by Crippen LogP contribution is -2.18. The highest BCUT2D eigenvalue weighted by molar-refractivity contribution is 5.51. The number of aromatic nitrogens is 6. The van der Waals surface area contributed by atoms with E-state index in [-0.39, 0.29) is 6.04 Å². The topological polar surface area (TPSA) is 73.5 Å². The second-order valence-corrected chi connectivity index (χ2v) is 6.03. The predicted molar refractivity (Wildman–Crippen MR) is 99.3 cm³/mol. The number of anilines is 1. The van der Waals surface area contributed by atoms with E-state index in [0.29, 0.717) is 0 Å². The number of benzene rings is 1. The summed E-state index contributed by atoms with van der Waals surface area (Å²) in [5.41, 5.74) is 1.92. The van der Waals surface area contributed by atoms with Crippen molar-refractivity contribution in [2.24, 2.45) is 7.05 Å². The number of rotatable bonds is 6. The maximum Gasteiger partial charge on any atom is 0.160 e. The lowest BCUT2D eigenvalue weighted by atomic mass is 10.1. The molecule has 0 spiro atoms. The minimum atomic E-state index is 0.0544. The van der Waals surface area contributed by atoms with E-state index < -0.39 is 0 Å². The molecule has 0 amide bonds. The summed E-state index contributed by atoms with van der Waals surface area (Å²) < 4.78 is 3.96. The summed E-state index contributed by atoms with van der Waals surface area (Å²) in [5.74, 6) is 1.51. The van der Waals surface area contributed by atoms with Crippen LogP contribution in [0, 0.1) is 0 Å². The van der Waals surface area contributed by atoms with Gasteiger partial charge in [0, 0.05) is 38.4 Å². The zero-order valence-corrected chi connectivity index (χ0v) is 14.4. The third kappa shape index (κ3) is 3.46. The van der Waals surface area contributed by atoms with Gasteiger partial charge in [0.2, 0.25) is 0 Å². The van der Waals surface area contributed by atoms with Crippen LogP contribution >= 0.6 is 0 Å². The van der Waals surface area contributed by atoms with Crippen LogP contribution in [0.15, 0.2) is 73.6 Å². The van der Waals surface area contributed by atoms with Gasteiger partial charge in [0.25, 0.3) is 0 Å². The molecule has 0 bridgehead atoms. The molecule has 0 fully saturated rings. The SMILES string of the molecule is Cn1ccnc1-c1ccc(NC(Cn2ccnc2)c2ccccc2)nn1. The molecule has 0 saturated heterocycles. The number of hydrogen-bond acceptors (Lipinski definition) is 5. The Kier molecular flexibility index (Phi) is 4.42. The lowest BCUT2D eigenvalue weighted by Gasteiger charge is -2.20. The molecule has 0 aliphatic carbocycles. The van der Waals surface area contributed by atoms with Crippen molar-refractivity contribution in [3.63, 3.8) is 0 Å². The average molecular weight is 345 g/mol. The molecule has 3 heterocycles. The van der Waals surface area contributed by atoms with E-state index in [1.54, 1.807) is 12.4 Å². The minimum Gasteiger partial charge on any atom is -0.360 e. The van der Waals surface area contributed by atoms with E-state index in [1.807, 2.05) is 65.2 Å². The van der Waals surface area contributed by atoms with Gasteiger partial charge in [-0.3, -0.25) is 0 Å². The lowest BCUT2D eigenvalue weighted by molar-refractivity contribution is 0.604. The number of nitrogens with zero attached hydrogens (tertiary/aromatic N) is 6. The molecular weight excluding hydrogens is 326 g/mol. The Balaban J connectivity index is 1.56. The van der Waals surface area contributed by atoms with Crippen molar-refractivity contribution >= 4 is 5.82 Å². The van der Waals surface area contributed by atoms with Crippen molar-refractivity contribution in [3.8, 4) is 11.5 Å². The summed E-state index contributed by atoms with van der Waals surface area (Å²) in [4.78, 5) is 8.43. The van der Waals surface area contributed by atoms with Crippen LogP contribution in [0.5, 0.6) is 0 Å². The first-order valence-corrected chi connectivity index (χ1v) is 8.38. The molecule has 0 saturated carbocycles. The third-order valence-electron chi connectivity index (χ3n) is 4.19. The zero-order valence-electron chi connectivity index (χ0n) is 14.4. The first-order valence-electron chi connectivity index (χ1n) is 8.38. The largest absolute Gasteiger partial charge is 0.360 e. The molecule has 0 radical (unpaired) electrons. The summed E-state index contributed by atoms with van der Waals surface area (Å²) in [6.45, 7) is 0.743. The quantitative estimate of drug-likeness (QED) is 0.582. The van der Waals surface area contributed by atoms with Crippen LogP contribution < -0.4 is 5.32 Å². The molecule has 1 atom stereocenters. The van der Waals surface area contributed by atoms with Crippen LogP contribution in [0.1, 0.15) is 11.6 Å². The molecular formula is C19H19N7. The smallest absolute Gasteiger partial charge is 0.160 e. The van der Waals surface area contributed by atoms with Gasteiger partial charge in [-0.25, -0.2) is 9.97 Å². The molecule has 4 aromatic rings. The first-order chi connectivity index (χ1) is 12.8. The van der Waals surface area contributed by atoms with Gasteiger partial charge in [-0.05, 0) is 17.7 Å². The molecule has 7 nitrogen and oxygen atoms in total. The maximum absolute atomic E-state index is 4.33. The molecule has 3 aromatic heterocycles. The third-order valence-corrected chi connectivity index (χ3v) is 4.19. The van der Waals surface area contributed by atoms with Gasteiger partial charge in [0.1, 0.15) is 11.5 Å². The molecule has 7 heteroatoms. The highest BCUT2D eigenvalue weighted by Gasteiger charge is 2.13. The number of hydrogen-bond donors (Lipinski definition) is 1. The summed E-state index contributed by atoms with van der Waals surface area (Å²) in [6.07, 6.45) is 9.18. The summed E-state index contributed by atoms with van der Waals surface area (Å²) in [5, 5.41) is 12.1. The molecule has 26 heavy (non-hydrogen) atoms. The summed E-state index contributed by atoms with van der Waals surface area (Å²) in [7, 11) is 1.94. The Bertz CT molecular complexity index is 943. The standard InChI is InChI=1S/C19H19N7/c1-25-11-10-21-19(25)16-7-8-18(24-23-16)22-17(13-26-12-9-20-14-26)15-5-3-2-4-6-15/h2-12,14,17H,13H2,1H3,(H,22,24). The van der Waals surface area contributed by atoms with Crippen LogP contribution in [0.4, 0.5) is 5.82 Å². The van der Waals surface area contributed by atoms with E-state index in [2.05, 4.69) is 37.6 Å². The number of imidazole rings is 2. The Morgan fingerprint density at radius 3 is 2.54 bits per heavy atom. The Labute approximate surface area is 151 Å². The van der Waals surface area contributed by atoms with Crippen LogP contribution in [0.2, 0.25) is 0 Å². The van der Waals surface area contributed by atoms with E-state index in [9.17, 15) is 0 Å². The minimum absolute atomic E-state index is 0.0544. The summed E-state index contributed by atoms with van der Waals surface area (Å²) in [6, 6.07) is 14.2. The predicted octanol–water partition coefficient (Wildman–Crippen LogP) is 2.93. The fourth-order valence-electron chi connectivity index (χ4n) is 2.84. The molecule has 130 valence electrons. The van der Waals surface area contributed by atoms with Gasteiger partial charge >= 0.3 is 0 Å². The van der Waals surface area contributed by atoms with Crippen LogP contribution in [0.3, 0.4) is 0 Å². The Morgan fingerprint density at radius 2 is 1.88 bits per heavy atom. The van der Waals surface area contributed by atoms with E-state index in [4.69, 9.17) is 0 Å². The molecule has 4 rings (SSSR count). The molecule has 1 N–H and O–H groups in total. The second-order valence-electron chi connectivity index (χ2n) is 6.03. The van der Waals surface area contributed by atoms with Crippen LogP contribution in [-0.2, 0) is 13.6 Å². The maximum atomic E-state index is 4.33. The van der Waals surface area contributed by atoms with E-state index >= 15 is 0 Å². The van der Waals surface area contributed by atoms with Gasteiger partial charge in [-0.1, -0.05) is 30.3 Å². The van der Waals surface area contributed by atoms with Crippen molar-refractivity contribution in [2.45, 2.75) is 12.6 Å². The van der Waals surface area contributed by atoms with Gasteiger partial charge in [-0.2, -0.15) is 0 Å². The van der Waals surface area contributed by atoms with Gasteiger partial charge < -0.3 is 14.5 Å². The van der Waals surface area contributed by atoms with Crippen molar-refractivity contribution in [1.29, 1.82) is 0 Å². The van der Waals surface area contributed by atoms with Crippen molar-refractivity contribution in [1.82, 2.24) is 29.3 Å². The monoisotopic (exact) mass is 345 g/mol. The number of nitrogens with one attached hydrogen (secondary N) is 1. The molecule has 0 aliphatic rings. The highest BCUT2D eigenvalue weighted by atomic mass is 15.2.